The van der Waals surface area contributed by atoms with Gasteiger partial charge in [-0.05, 0) is 37.3 Å². The van der Waals surface area contributed by atoms with E-state index in [9.17, 15) is 9.18 Å². The zero-order valence-corrected chi connectivity index (χ0v) is 18.7. The Morgan fingerprint density at radius 1 is 1.09 bits per heavy atom. The molecule has 1 aromatic carbocycles. The summed E-state index contributed by atoms with van der Waals surface area (Å²) in [6.07, 6.45) is 6.56. The van der Waals surface area contributed by atoms with Crippen LogP contribution in [0.2, 0.25) is 0 Å². The third-order valence-electron chi connectivity index (χ3n) is 6.40. The zero-order valence-electron chi connectivity index (χ0n) is 18.7. The number of rotatable bonds is 4. The predicted octanol–water partition coefficient (Wildman–Crippen LogP) is 4.18. The largest absolute Gasteiger partial charge is 0.351 e. The fourth-order valence-corrected chi connectivity index (χ4v) is 4.59. The van der Waals surface area contributed by atoms with E-state index in [2.05, 4.69) is 20.3 Å². The van der Waals surface area contributed by atoms with Crippen LogP contribution >= 0.6 is 0 Å². The van der Waals surface area contributed by atoms with Crippen molar-refractivity contribution in [3.8, 4) is 11.3 Å². The number of hydrogen-bond acceptors (Lipinski definition) is 6. The van der Waals surface area contributed by atoms with Gasteiger partial charge in [0.15, 0.2) is 11.6 Å². The predicted molar refractivity (Wildman–Crippen MR) is 126 cm³/mol. The summed E-state index contributed by atoms with van der Waals surface area (Å²) in [7, 11) is 0. The lowest BCUT2D eigenvalue weighted by molar-refractivity contribution is -0.129. The Hall–Kier alpha value is -3.55. The van der Waals surface area contributed by atoms with Gasteiger partial charge in [-0.3, -0.25) is 9.78 Å². The van der Waals surface area contributed by atoms with Crippen LogP contribution in [0, 0.1) is 5.82 Å². The number of anilines is 3. The van der Waals surface area contributed by atoms with Crippen LogP contribution in [0.3, 0.4) is 0 Å². The lowest BCUT2D eigenvalue weighted by Crippen LogP contribution is -2.41. The summed E-state index contributed by atoms with van der Waals surface area (Å²) in [6.45, 7) is 3.68. The van der Waals surface area contributed by atoms with Gasteiger partial charge in [-0.25, -0.2) is 9.37 Å². The number of amides is 1. The number of hydrogen-bond donors (Lipinski definition) is 1. The molecule has 5 rings (SSSR count). The number of pyridine rings is 1. The maximum atomic E-state index is 14.9. The standard InChI is InChI=1S/C25H27FN6O/c1-17(33)31-12-9-20(10-13-31)29-25-28-16-21(26)24(30-25)32-11-5-8-19-15-27-22(14-23(19)32)18-6-3-2-4-7-18/h2-4,6-7,14-16,20H,5,8-13H2,1H3,(H,28,29,30). The van der Waals surface area contributed by atoms with Crippen molar-refractivity contribution in [2.75, 3.05) is 29.9 Å². The summed E-state index contributed by atoms with van der Waals surface area (Å²) in [5.41, 5.74) is 3.90. The van der Waals surface area contributed by atoms with E-state index >= 15 is 0 Å². The quantitative estimate of drug-likeness (QED) is 0.648. The minimum atomic E-state index is -0.446. The number of aromatic nitrogens is 3. The highest BCUT2D eigenvalue weighted by atomic mass is 19.1. The molecule has 1 amide bonds. The summed E-state index contributed by atoms with van der Waals surface area (Å²) in [4.78, 5) is 28.7. The fourth-order valence-electron chi connectivity index (χ4n) is 4.59. The molecule has 0 saturated carbocycles. The van der Waals surface area contributed by atoms with E-state index in [4.69, 9.17) is 0 Å². The molecule has 0 bridgehead atoms. The summed E-state index contributed by atoms with van der Waals surface area (Å²) in [5.74, 6) is 0.344. The van der Waals surface area contributed by atoms with E-state index in [1.807, 2.05) is 52.4 Å². The van der Waals surface area contributed by atoms with Crippen LogP contribution in [0.15, 0.2) is 48.8 Å². The smallest absolute Gasteiger partial charge is 0.225 e. The molecule has 0 spiro atoms. The molecule has 1 fully saturated rings. The molecule has 3 aromatic rings. The Kier molecular flexibility index (Phi) is 5.90. The highest BCUT2D eigenvalue weighted by molar-refractivity contribution is 5.73. The normalized spacial score (nSPS) is 16.4. The molecule has 170 valence electrons. The maximum absolute atomic E-state index is 14.9. The summed E-state index contributed by atoms with van der Waals surface area (Å²) >= 11 is 0. The third kappa shape index (κ3) is 4.51. The Labute approximate surface area is 192 Å². The van der Waals surface area contributed by atoms with Crippen molar-refractivity contribution in [2.24, 2.45) is 0 Å². The summed E-state index contributed by atoms with van der Waals surface area (Å²) in [5, 5.41) is 3.34. The van der Waals surface area contributed by atoms with E-state index in [1.54, 1.807) is 6.92 Å². The van der Waals surface area contributed by atoms with Crippen molar-refractivity contribution in [1.82, 2.24) is 19.9 Å². The minimum absolute atomic E-state index is 0.0990. The second kappa shape index (κ2) is 9.13. The van der Waals surface area contributed by atoms with Crippen molar-refractivity contribution in [2.45, 2.75) is 38.6 Å². The third-order valence-corrected chi connectivity index (χ3v) is 6.40. The molecule has 0 aliphatic carbocycles. The second-order valence-electron chi connectivity index (χ2n) is 8.61. The number of halogens is 1. The number of carbonyl (C=O) groups excluding carboxylic acids is 1. The van der Waals surface area contributed by atoms with Gasteiger partial charge in [0.25, 0.3) is 0 Å². The zero-order chi connectivity index (χ0) is 22.8. The molecule has 4 heterocycles. The topological polar surface area (TPSA) is 74.2 Å². The van der Waals surface area contributed by atoms with Gasteiger partial charge in [0, 0.05) is 50.0 Å². The minimum Gasteiger partial charge on any atom is -0.351 e. The number of fused-ring (bicyclic) bond motifs is 1. The Morgan fingerprint density at radius 3 is 2.64 bits per heavy atom. The number of nitrogens with one attached hydrogen (secondary N) is 1. The highest BCUT2D eigenvalue weighted by Gasteiger charge is 2.25. The molecule has 8 heteroatoms. The van der Waals surface area contributed by atoms with E-state index in [1.165, 1.54) is 6.20 Å². The monoisotopic (exact) mass is 446 g/mol. The first-order chi connectivity index (χ1) is 16.1. The molecule has 7 nitrogen and oxygen atoms in total. The molecule has 1 saturated heterocycles. The first-order valence-corrected chi connectivity index (χ1v) is 11.4. The lowest BCUT2D eigenvalue weighted by Gasteiger charge is -2.32. The SMILES string of the molecule is CC(=O)N1CCC(Nc2ncc(F)c(N3CCCc4cnc(-c5ccccc5)cc43)n2)CC1. The Bertz CT molecular complexity index is 1150. The lowest BCUT2D eigenvalue weighted by atomic mass is 10.0. The van der Waals surface area contributed by atoms with Crippen LogP contribution in [0.25, 0.3) is 11.3 Å². The van der Waals surface area contributed by atoms with Crippen molar-refractivity contribution in [3.05, 3.63) is 60.2 Å². The van der Waals surface area contributed by atoms with E-state index < -0.39 is 5.82 Å². The van der Waals surface area contributed by atoms with Gasteiger partial charge >= 0.3 is 0 Å². The van der Waals surface area contributed by atoms with Crippen LogP contribution in [0.1, 0.15) is 31.7 Å². The van der Waals surface area contributed by atoms with Gasteiger partial charge in [-0.2, -0.15) is 4.98 Å². The number of aryl methyl sites for hydroxylation is 1. The van der Waals surface area contributed by atoms with Gasteiger partial charge in [0.1, 0.15) is 0 Å². The molecule has 2 aliphatic heterocycles. The molecule has 2 aromatic heterocycles. The van der Waals surface area contributed by atoms with E-state index in [0.29, 0.717) is 25.6 Å². The molecule has 0 atom stereocenters. The number of likely N-dealkylation sites (tertiary alicyclic amines) is 1. The van der Waals surface area contributed by atoms with Gasteiger partial charge in [0.2, 0.25) is 11.9 Å². The number of benzene rings is 1. The molecule has 33 heavy (non-hydrogen) atoms. The summed E-state index contributed by atoms with van der Waals surface area (Å²) in [6, 6.07) is 12.2. The average Bonchev–Trinajstić information content (AvgIpc) is 2.85. The molecule has 1 N–H and O–H groups in total. The Balaban J connectivity index is 1.41. The van der Waals surface area contributed by atoms with Crippen LogP contribution in [-0.2, 0) is 11.2 Å². The van der Waals surface area contributed by atoms with Gasteiger partial charge in [-0.15, -0.1) is 0 Å². The van der Waals surface area contributed by atoms with Gasteiger partial charge < -0.3 is 15.1 Å². The molecule has 0 radical (unpaired) electrons. The van der Waals surface area contributed by atoms with E-state index in [-0.39, 0.29) is 17.8 Å². The molecular formula is C25H27FN6O. The molecular weight excluding hydrogens is 419 g/mol. The number of nitrogens with zero attached hydrogens (tertiary/aromatic N) is 5. The van der Waals surface area contributed by atoms with Crippen LogP contribution in [-0.4, -0.2) is 51.4 Å². The van der Waals surface area contributed by atoms with Gasteiger partial charge in [0.05, 0.1) is 11.9 Å². The van der Waals surface area contributed by atoms with Crippen LogP contribution < -0.4 is 10.2 Å². The second-order valence-corrected chi connectivity index (χ2v) is 8.61. The highest BCUT2D eigenvalue weighted by Crippen LogP contribution is 2.36. The Morgan fingerprint density at radius 2 is 1.88 bits per heavy atom. The van der Waals surface area contributed by atoms with Crippen molar-refractivity contribution < 1.29 is 9.18 Å². The van der Waals surface area contributed by atoms with Crippen molar-refractivity contribution >= 4 is 23.4 Å². The molecule has 2 aliphatic rings. The van der Waals surface area contributed by atoms with Crippen LogP contribution in [0.4, 0.5) is 21.8 Å². The average molecular weight is 447 g/mol. The number of piperidine rings is 1. The maximum Gasteiger partial charge on any atom is 0.225 e. The van der Waals surface area contributed by atoms with E-state index in [0.717, 1.165) is 48.2 Å². The van der Waals surface area contributed by atoms with Crippen LogP contribution in [0.5, 0.6) is 0 Å². The number of carbonyl (C=O) groups is 1. The molecule has 0 unspecified atom stereocenters. The van der Waals surface area contributed by atoms with Crippen molar-refractivity contribution in [3.63, 3.8) is 0 Å². The van der Waals surface area contributed by atoms with Crippen molar-refractivity contribution in [1.29, 1.82) is 0 Å². The summed E-state index contributed by atoms with van der Waals surface area (Å²) < 4.78 is 14.9. The first-order valence-electron chi connectivity index (χ1n) is 11.4. The fraction of sp³-hybridized carbons (Fsp3) is 0.360. The first kappa shape index (κ1) is 21.3. The van der Waals surface area contributed by atoms with Gasteiger partial charge in [-0.1, -0.05) is 30.3 Å².